The number of likely N-dealkylation sites (tertiary alicyclic amines) is 1. The van der Waals surface area contributed by atoms with Crippen LogP contribution in [0.5, 0.6) is 0 Å². The fourth-order valence-corrected chi connectivity index (χ4v) is 3.01. The monoisotopic (exact) mass is 239 g/mol. The van der Waals surface area contributed by atoms with Gasteiger partial charge in [0.25, 0.3) is 0 Å². The smallest absolute Gasteiger partial charge is 0.233 e. The highest BCUT2D eigenvalue weighted by Gasteiger charge is 2.47. The summed E-state index contributed by atoms with van der Waals surface area (Å²) in [6.07, 6.45) is 6.39. The Balaban J connectivity index is 1.89. The third kappa shape index (κ3) is 2.51. The topological polar surface area (TPSA) is 57.6 Å². The molecule has 2 rings (SSSR count). The second-order valence-corrected chi connectivity index (χ2v) is 5.11. The number of unbranched alkanes of at least 4 members (excludes halogenated alkanes) is 2. The van der Waals surface area contributed by atoms with Gasteiger partial charge in [-0.2, -0.15) is 0 Å². The maximum atomic E-state index is 12.1. The number of aliphatic hydroxyl groups is 1. The molecular formula is C13H21NO3. The predicted octanol–water partition coefficient (Wildman–Crippen LogP) is 1.32. The molecule has 2 amide bonds. The summed E-state index contributed by atoms with van der Waals surface area (Å²) in [5.74, 6) is 0.0792. The van der Waals surface area contributed by atoms with Gasteiger partial charge in [-0.3, -0.25) is 14.5 Å². The maximum Gasteiger partial charge on any atom is 0.233 e. The lowest BCUT2D eigenvalue weighted by Gasteiger charge is -2.19. The van der Waals surface area contributed by atoms with Gasteiger partial charge in [-0.05, 0) is 32.1 Å². The number of aliphatic hydroxyl groups excluding tert-OH is 1. The molecule has 1 saturated carbocycles. The van der Waals surface area contributed by atoms with Gasteiger partial charge >= 0.3 is 0 Å². The molecule has 1 aliphatic carbocycles. The Morgan fingerprint density at radius 2 is 1.59 bits per heavy atom. The van der Waals surface area contributed by atoms with Crippen LogP contribution in [0.1, 0.15) is 44.9 Å². The van der Waals surface area contributed by atoms with Crippen molar-refractivity contribution in [2.45, 2.75) is 44.9 Å². The molecule has 1 aliphatic heterocycles. The molecule has 0 bridgehead atoms. The number of carbonyl (C=O) groups excluding carboxylic acids is 2. The van der Waals surface area contributed by atoms with Gasteiger partial charge < -0.3 is 5.11 Å². The van der Waals surface area contributed by atoms with E-state index in [0.717, 1.165) is 44.9 Å². The number of hydrogen-bond acceptors (Lipinski definition) is 3. The largest absolute Gasteiger partial charge is 0.396 e. The highest BCUT2D eigenvalue weighted by molar-refractivity contribution is 6.05. The van der Waals surface area contributed by atoms with E-state index < -0.39 is 0 Å². The lowest BCUT2D eigenvalue weighted by Crippen LogP contribution is -2.32. The molecule has 2 fully saturated rings. The first kappa shape index (κ1) is 12.6. The Bertz CT molecular complexity index is 279. The number of hydrogen-bond donors (Lipinski definition) is 1. The van der Waals surface area contributed by atoms with Crippen molar-refractivity contribution in [1.82, 2.24) is 4.90 Å². The Hall–Kier alpha value is -0.900. The Labute approximate surface area is 102 Å². The Kier molecular flexibility index (Phi) is 4.15. The molecule has 0 aromatic rings. The molecule has 0 aromatic carbocycles. The van der Waals surface area contributed by atoms with Crippen molar-refractivity contribution < 1.29 is 14.7 Å². The Morgan fingerprint density at radius 3 is 2.12 bits per heavy atom. The van der Waals surface area contributed by atoms with E-state index in [1.807, 2.05) is 0 Å². The van der Waals surface area contributed by atoms with Crippen molar-refractivity contribution in [3.63, 3.8) is 0 Å². The second-order valence-electron chi connectivity index (χ2n) is 5.11. The van der Waals surface area contributed by atoms with Gasteiger partial charge in [-0.1, -0.05) is 12.8 Å². The summed E-state index contributed by atoms with van der Waals surface area (Å²) in [4.78, 5) is 25.6. The number of carbonyl (C=O) groups is 2. The first-order valence-corrected chi connectivity index (χ1v) is 6.72. The lowest BCUT2D eigenvalue weighted by atomic mass is 9.81. The summed E-state index contributed by atoms with van der Waals surface area (Å²) < 4.78 is 0. The van der Waals surface area contributed by atoms with Gasteiger partial charge in [0.15, 0.2) is 0 Å². The van der Waals surface area contributed by atoms with Crippen LogP contribution >= 0.6 is 0 Å². The van der Waals surface area contributed by atoms with Gasteiger partial charge in [0, 0.05) is 13.2 Å². The van der Waals surface area contributed by atoms with Gasteiger partial charge in [0.1, 0.15) is 0 Å². The second kappa shape index (κ2) is 5.63. The fraction of sp³-hybridized carbons (Fsp3) is 0.846. The average molecular weight is 239 g/mol. The van der Waals surface area contributed by atoms with Crippen molar-refractivity contribution in [3.8, 4) is 0 Å². The minimum absolute atomic E-state index is 0.0194. The van der Waals surface area contributed by atoms with Crippen molar-refractivity contribution in [3.05, 3.63) is 0 Å². The lowest BCUT2D eigenvalue weighted by molar-refractivity contribution is -0.139. The van der Waals surface area contributed by atoms with E-state index in [1.165, 1.54) is 4.90 Å². The number of nitrogens with zero attached hydrogens (tertiary/aromatic N) is 1. The minimum Gasteiger partial charge on any atom is -0.396 e. The summed E-state index contributed by atoms with van der Waals surface area (Å²) in [6.45, 7) is 0.734. The van der Waals surface area contributed by atoms with Crippen molar-refractivity contribution in [1.29, 1.82) is 0 Å². The first-order valence-electron chi connectivity index (χ1n) is 6.72. The van der Waals surface area contributed by atoms with Crippen LogP contribution in [-0.4, -0.2) is 35.0 Å². The third-order valence-electron chi connectivity index (χ3n) is 3.97. The van der Waals surface area contributed by atoms with E-state index in [9.17, 15) is 9.59 Å². The average Bonchev–Trinajstić information content (AvgIpc) is 2.60. The molecular weight excluding hydrogens is 218 g/mol. The summed E-state index contributed by atoms with van der Waals surface area (Å²) >= 11 is 0. The summed E-state index contributed by atoms with van der Waals surface area (Å²) in [6, 6.07) is 0. The van der Waals surface area contributed by atoms with Gasteiger partial charge in [-0.25, -0.2) is 0 Å². The molecule has 0 aromatic heterocycles. The third-order valence-corrected chi connectivity index (χ3v) is 3.97. The van der Waals surface area contributed by atoms with E-state index in [1.54, 1.807) is 0 Å². The molecule has 1 saturated heterocycles. The van der Waals surface area contributed by atoms with E-state index in [0.29, 0.717) is 6.54 Å². The molecule has 0 spiro atoms. The minimum atomic E-state index is -0.0194. The molecule has 0 radical (unpaired) electrons. The predicted molar refractivity (Wildman–Crippen MR) is 63.1 cm³/mol. The van der Waals surface area contributed by atoms with Crippen molar-refractivity contribution >= 4 is 11.8 Å². The molecule has 2 atom stereocenters. The summed E-state index contributed by atoms with van der Waals surface area (Å²) in [5, 5.41) is 8.68. The van der Waals surface area contributed by atoms with Crippen LogP contribution in [0.2, 0.25) is 0 Å². The molecule has 1 N–H and O–H groups in total. The van der Waals surface area contributed by atoms with Crippen molar-refractivity contribution in [2.75, 3.05) is 13.2 Å². The molecule has 1 heterocycles. The molecule has 4 nitrogen and oxygen atoms in total. The summed E-state index contributed by atoms with van der Waals surface area (Å²) in [7, 11) is 0. The van der Waals surface area contributed by atoms with E-state index in [4.69, 9.17) is 5.11 Å². The van der Waals surface area contributed by atoms with Gasteiger partial charge in [-0.15, -0.1) is 0 Å². The van der Waals surface area contributed by atoms with E-state index >= 15 is 0 Å². The van der Waals surface area contributed by atoms with Gasteiger partial charge in [0.2, 0.25) is 11.8 Å². The molecule has 96 valence electrons. The molecule has 2 aliphatic rings. The summed E-state index contributed by atoms with van der Waals surface area (Å²) in [5.41, 5.74) is 0. The normalized spacial score (nSPS) is 28.6. The highest BCUT2D eigenvalue weighted by Crippen LogP contribution is 2.37. The zero-order valence-corrected chi connectivity index (χ0v) is 10.2. The first-order chi connectivity index (χ1) is 8.25. The fourth-order valence-electron chi connectivity index (χ4n) is 3.01. The van der Waals surface area contributed by atoms with Gasteiger partial charge in [0.05, 0.1) is 11.8 Å². The standard InChI is InChI=1S/C13H21NO3/c15-9-5-1-4-8-14-12(16)10-6-2-3-7-11(10)13(14)17/h10-11,15H,1-9H2. The SMILES string of the molecule is O=C1C2CCCCC2C(=O)N1CCCCCO. The van der Waals surface area contributed by atoms with Crippen LogP contribution in [0.25, 0.3) is 0 Å². The highest BCUT2D eigenvalue weighted by atomic mass is 16.3. The van der Waals surface area contributed by atoms with Crippen LogP contribution in [0.3, 0.4) is 0 Å². The number of rotatable bonds is 5. The molecule has 2 unspecified atom stereocenters. The molecule has 4 heteroatoms. The van der Waals surface area contributed by atoms with Crippen LogP contribution < -0.4 is 0 Å². The quantitative estimate of drug-likeness (QED) is 0.581. The number of fused-ring (bicyclic) bond motifs is 1. The van der Waals surface area contributed by atoms with Crippen molar-refractivity contribution in [2.24, 2.45) is 11.8 Å². The molecule has 17 heavy (non-hydrogen) atoms. The van der Waals surface area contributed by atoms with Crippen LogP contribution in [-0.2, 0) is 9.59 Å². The van der Waals surface area contributed by atoms with Crippen LogP contribution in [0.15, 0.2) is 0 Å². The zero-order chi connectivity index (χ0) is 12.3. The van der Waals surface area contributed by atoms with E-state index in [-0.39, 0.29) is 30.3 Å². The van der Waals surface area contributed by atoms with Crippen LogP contribution in [0, 0.1) is 11.8 Å². The Morgan fingerprint density at radius 1 is 1.00 bits per heavy atom. The van der Waals surface area contributed by atoms with Crippen LogP contribution in [0.4, 0.5) is 0 Å². The maximum absolute atomic E-state index is 12.1. The number of amides is 2. The zero-order valence-electron chi connectivity index (χ0n) is 10.2. The number of imide groups is 1. The van der Waals surface area contributed by atoms with E-state index in [2.05, 4.69) is 0 Å².